The Morgan fingerprint density at radius 1 is 1.22 bits per heavy atom. The SMILES string of the molecule is Cc1ccc(CN(C)C(=O)C2(S(C)(=O)=O)CCNCC2)cc1.Cl. The summed E-state index contributed by atoms with van der Waals surface area (Å²) in [4.78, 5) is 14.4. The molecule has 1 aromatic rings. The molecule has 0 atom stereocenters. The van der Waals surface area contributed by atoms with Crippen LogP contribution in [-0.2, 0) is 21.2 Å². The number of benzene rings is 1. The monoisotopic (exact) mass is 360 g/mol. The maximum atomic E-state index is 12.9. The van der Waals surface area contributed by atoms with Crippen LogP contribution >= 0.6 is 12.4 Å². The van der Waals surface area contributed by atoms with Gasteiger partial charge in [-0.25, -0.2) is 8.42 Å². The standard InChI is InChI=1S/C16H24N2O3S.ClH/c1-13-4-6-14(7-5-13)12-18(2)15(19)16(22(3,20)21)8-10-17-11-9-16;/h4-7,17H,8-12H2,1-3H3;1H. The summed E-state index contributed by atoms with van der Waals surface area (Å²) >= 11 is 0. The fourth-order valence-electron chi connectivity index (χ4n) is 2.96. The molecule has 1 heterocycles. The van der Waals surface area contributed by atoms with E-state index < -0.39 is 14.6 Å². The second-order valence-electron chi connectivity index (χ2n) is 6.16. The maximum Gasteiger partial charge on any atom is 0.244 e. The third kappa shape index (κ3) is 4.25. The van der Waals surface area contributed by atoms with Crippen LogP contribution in [0.5, 0.6) is 0 Å². The molecule has 0 spiro atoms. The van der Waals surface area contributed by atoms with Crippen molar-refractivity contribution in [3.05, 3.63) is 35.4 Å². The zero-order chi connectivity index (χ0) is 16.4. The van der Waals surface area contributed by atoms with Crippen molar-refractivity contribution in [3.8, 4) is 0 Å². The van der Waals surface area contributed by atoms with Crippen molar-refractivity contribution in [1.82, 2.24) is 10.2 Å². The average Bonchev–Trinajstić information content (AvgIpc) is 2.48. The fourth-order valence-corrected chi connectivity index (χ4v) is 4.38. The number of hydrogen-bond donors (Lipinski definition) is 1. The number of piperidine rings is 1. The van der Waals surface area contributed by atoms with Crippen molar-refractivity contribution in [1.29, 1.82) is 0 Å². The third-order valence-electron chi connectivity index (χ3n) is 4.40. The molecule has 1 aliphatic rings. The number of sulfone groups is 1. The van der Waals surface area contributed by atoms with Crippen LogP contribution in [0.4, 0.5) is 0 Å². The fraction of sp³-hybridized carbons (Fsp3) is 0.562. The second-order valence-corrected chi connectivity index (χ2v) is 8.49. The molecular weight excluding hydrogens is 336 g/mol. The van der Waals surface area contributed by atoms with Gasteiger partial charge in [-0.1, -0.05) is 29.8 Å². The van der Waals surface area contributed by atoms with Crippen molar-refractivity contribution in [2.45, 2.75) is 31.1 Å². The summed E-state index contributed by atoms with van der Waals surface area (Å²) in [6, 6.07) is 7.92. The molecule has 1 aromatic carbocycles. The Bertz CT molecular complexity index is 638. The first-order chi connectivity index (χ1) is 10.3. The first-order valence-corrected chi connectivity index (χ1v) is 9.37. The lowest BCUT2D eigenvalue weighted by atomic mass is 9.95. The van der Waals surface area contributed by atoms with E-state index >= 15 is 0 Å². The van der Waals surface area contributed by atoms with Crippen LogP contribution in [0.25, 0.3) is 0 Å². The molecule has 130 valence electrons. The van der Waals surface area contributed by atoms with E-state index in [-0.39, 0.29) is 18.3 Å². The Balaban J connectivity index is 0.00000264. The maximum absolute atomic E-state index is 12.9. The van der Waals surface area contributed by atoms with Gasteiger partial charge in [-0.05, 0) is 38.4 Å². The summed E-state index contributed by atoms with van der Waals surface area (Å²) in [5, 5.41) is 3.13. The van der Waals surface area contributed by atoms with Gasteiger partial charge in [0.2, 0.25) is 5.91 Å². The molecule has 1 fully saturated rings. The van der Waals surface area contributed by atoms with Crippen LogP contribution in [0.15, 0.2) is 24.3 Å². The number of carbonyl (C=O) groups is 1. The highest BCUT2D eigenvalue weighted by Crippen LogP contribution is 2.30. The van der Waals surface area contributed by atoms with Gasteiger partial charge in [0.05, 0.1) is 0 Å². The highest BCUT2D eigenvalue weighted by atomic mass is 35.5. The second kappa shape index (κ2) is 7.64. The minimum Gasteiger partial charge on any atom is -0.340 e. The lowest BCUT2D eigenvalue weighted by Crippen LogP contribution is -2.57. The molecule has 1 N–H and O–H groups in total. The number of rotatable bonds is 4. The molecule has 0 aliphatic carbocycles. The van der Waals surface area contributed by atoms with E-state index in [4.69, 9.17) is 0 Å². The van der Waals surface area contributed by atoms with E-state index in [1.165, 1.54) is 11.2 Å². The Morgan fingerprint density at radius 2 is 1.74 bits per heavy atom. The van der Waals surface area contributed by atoms with Crippen molar-refractivity contribution >= 4 is 28.2 Å². The molecule has 2 rings (SSSR count). The van der Waals surface area contributed by atoms with Crippen molar-refractivity contribution in [2.24, 2.45) is 0 Å². The number of nitrogens with zero attached hydrogens (tertiary/aromatic N) is 1. The van der Waals surface area contributed by atoms with Gasteiger partial charge >= 0.3 is 0 Å². The van der Waals surface area contributed by atoms with Crippen LogP contribution in [0.1, 0.15) is 24.0 Å². The van der Waals surface area contributed by atoms with Gasteiger partial charge in [0.1, 0.15) is 0 Å². The van der Waals surface area contributed by atoms with E-state index in [9.17, 15) is 13.2 Å². The topological polar surface area (TPSA) is 66.5 Å². The van der Waals surface area contributed by atoms with E-state index in [0.717, 1.165) is 11.1 Å². The Kier molecular flexibility index (Phi) is 6.62. The lowest BCUT2D eigenvalue weighted by Gasteiger charge is -2.37. The zero-order valence-electron chi connectivity index (χ0n) is 13.8. The first kappa shape index (κ1) is 19.9. The van der Waals surface area contributed by atoms with Gasteiger partial charge in [0.15, 0.2) is 14.6 Å². The summed E-state index contributed by atoms with van der Waals surface area (Å²) in [6.45, 7) is 3.53. The number of amides is 1. The smallest absolute Gasteiger partial charge is 0.244 e. The van der Waals surface area contributed by atoms with E-state index in [1.54, 1.807) is 7.05 Å². The first-order valence-electron chi connectivity index (χ1n) is 7.48. The van der Waals surface area contributed by atoms with Crippen molar-refractivity contribution in [2.75, 3.05) is 26.4 Å². The Hall–Kier alpha value is -1.11. The average molecular weight is 361 g/mol. The molecule has 5 nitrogen and oxygen atoms in total. The lowest BCUT2D eigenvalue weighted by molar-refractivity contribution is -0.134. The van der Waals surface area contributed by atoms with Crippen molar-refractivity contribution < 1.29 is 13.2 Å². The molecule has 0 unspecified atom stereocenters. The predicted molar refractivity (Wildman–Crippen MR) is 94.6 cm³/mol. The van der Waals surface area contributed by atoms with E-state index in [0.29, 0.717) is 32.5 Å². The number of hydrogen-bond acceptors (Lipinski definition) is 4. The van der Waals surface area contributed by atoms with E-state index in [1.807, 2.05) is 31.2 Å². The van der Waals surface area contributed by atoms with Crippen LogP contribution in [0.3, 0.4) is 0 Å². The Morgan fingerprint density at radius 3 is 2.22 bits per heavy atom. The Labute approximate surface area is 144 Å². The minimum absolute atomic E-state index is 0. The van der Waals surface area contributed by atoms with E-state index in [2.05, 4.69) is 5.32 Å². The van der Waals surface area contributed by atoms with Crippen LogP contribution in [0, 0.1) is 6.92 Å². The van der Waals surface area contributed by atoms with Crippen LogP contribution < -0.4 is 5.32 Å². The van der Waals surface area contributed by atoms with Gasteiger partial charge in [0, 0.05) is 19.8 Å². The molecule has 0 bridgehead atoms. The number of carbonyl (C=O) groups excluding carboxylic acids is 1. The summed E-state index contributed by atoms with van der Waals surface area (Å²) in [7, 11) is -1.78. The summed E-state index contributed by atoms with van der Waals surface area (Å²) in [5.41, 5.74) is 2.16. The molecule has 0 radical (unpaired) electrons. The van der Waals surface area contributed by atoms with Crippen molar-refractivity contribution in [3.63, 3.8) is 0 Å². The molecule has 1 amide bonds. The predicted octanol–water partition coefficient (Wildman–Crippen LogP) is 1.54. The molecule has 1 aliphatic heterocycles. The summed E-state index contributed by atoms with van der Waals surface area (Å²) in [6.07, 6.45) is 1.85. The van der Waals surface area contributed by atoms with Crippen LogP contribution in [0.2, 0.25) is 0 Å². The molecule has 0 aromatic heterocycles. The molecule has 1 saturated heterocycles. The number of nitrogens with one attached hydrogen (secondary N) is 1. The number of aryl methyl sites for hydroxylation is 1. The van der Waals surface area contributed by atoms with Crippen LogP contribution in [-0.4, -0.2) is 50.4 Å². The third-order valence-corrected chi connectivity index (χ3v) is 6.40. The summed E-state index contributed by atoms with van der Waals surface area (Å²) < 4.78 is 23.3. The van der Waals surface area contributed by atoms with Gasteiger partial charge in [-0.15, -0.1) is 12.4 Å². The summed E-state index contributed by atoms with van der Waals surface area (Å²) in [5.74, 6) is -0.294. The normalized spacial score (nSPS) is 17.2. The zero-order valence-corrected chi connectivity index (χ0v) is 15.5. The largest absolute Gasteiger partial charge is 0.340 e. The van der Waals surface area contributed by atoms with Gasteiger partial charge in [-0.2, -0.15) is 0 Å². The molecule has 23 heavy (non-hydrogen) atoms. The molecular formula is C16H25ClN2O3S. The van der Waals surface area contributed by atoms with Gasteiger partial charge in [0.25, 0.3) is 0 Å². The molecule has 7 heteroatoms. The van der Waals surface area contributed by atoms with Gasteiger partial charge < -0.3 is 10.2 Å². The molecule has 0 saturated carbocycles. The van der Waals surface area contributed by atoms with Gasteiger partial charge in [-0.3, -0.25) is 4.79 Å². The highest BCUT2D eigenvalue weighted by Gasteiger charge is 2.49. The quantitative estimate of drug-likeness (QED) is 0.884. The number of halogens is 1. The minimum atomic E-state index is -3.46. The highest BCUT2D eigenvalue weighted by molar-refractivity contribution is 7.92.